The second-order valence-corrected chi connectivity index (χ2v) is 4.94. The molecule has 3 rings (SSSR count). The SMILES string of the molecule is COc1ccc(Nc2ccc(/N=N/c3ccccc3)cc2)cc1. The van der Waals surface area contributed by atoms with Crippen LogP contribution in [0.1, 0.15) is 0 Å². The quantitative estimate of drug-likeness (QED) is 0.600. The van der Waals surface area contributed by atoms with E-state index in [9.17, 15) is 0 Å². The number of ether oxygens (including phenoxy) is 1. The molecule has 0 atom stereocenters. The van der Waals surface area contributed by atoms with E-state index in [2.05, 4.69) is 15.5 Å². The van der Waals surface area contributed by atoms with E-state index in [0.29, 0.717) is 0 Å². The maximum atomic E-state index is 5.15. The fraction of sp³-hybridized carbons (Fsp3) is 0.0526. The fourth-order valence-electron chi connectivity index (χ4n) is 2.06. The van der Waals surface area contributed by atoms with Crippen molar-refractivity contribution < 1.29 is 4.74 Å². The van der Waals surface area contributed by atoms with Gasteiger partial charge in [0, 0.05) is 11.4 Å². The van der Waals surface area contributed by atoms with Crippen molar-refractivity contribution in [2.24, 2.45) is 10.2 Å². The summed E-state index contributed by atoms with van der Waals surface area (Å²) < 4.78 is 5.15. The van der Waals surface area contributed by atoms with Gasteiger partial charge in [0.2, 0.25) is 0 Å². The van der Waals surface area contributed by atoms with E-state index >= 15 is 0 Å². The molecule has 3 aromatic carbocycles. The lowest BCUT2D eigenvalue weighted by Gasteiger charge is -2.07. The van der Waals surface area contributed by atoms with E-state index in [4.69, 9.17) is 4.74 Å². The number of anilines is 2. The van der Waals surface area contributed by atoms with Crippen molar-refractivity contribution in [1.29, 1.82) is 0 Å². The third-order valence-corrected chi connectivity index (χ3v) is 3.28. The van der Waals surface area contributed by atoms with Crippen molar-refractivity contribution in [3.8, 4) is 5.75 Å². The van der Waals surface area contributed by atoms with Crippen LogP contribution in [0.15, 0.2) is 89.1 Å². The number of nitrogens with zero attached hydrogens (tertiary/aromatic N) is 2. The van der Waals surface area contributed by atoms with Gasteiger partial charge in [-0.25, -0.2) is 0 Å². The zero-order valence-corrected chi connectivity index (χ0v) is 12.8. The van der Waals surface area contributed by atoms with Gasteiger partial charge in [0.25, 0.3) is 0 Å². The van der Waals surface area contributed by atoms with Gasteiger partial charge in [0.15, 0.2) is 0 Å². The van der Waals surface area contributed by atoms with Crippen LogP contribution in [0, 0.1) is 0 Å². The first-order valence-electron chi connectivity index (χ1n) is 7.31. The molecule has 23 heavy (non-hydrogen) atoms. The maximum absolute atomic E-state index is 5.15. The molecule has 0 aliphatic rings. The third-order valence-electron chi connectivity index (χ3n) is 3.28. The van der Waals surface area contributed by atoms with Crippen LogP contribution in [0.3, 0.4) is 0 Å². The summed E-state index contributed by atoms with van der Waals surface area (Å²) in [5.74, 6) is 0.840. The highest BCUT2D eigenvalue weighted by Gasteiger charge is 1.97. The van der Waals surface area contributed by atoms with Crippen LogP contribution in [-0.4, -0.2) is 7.11 Å². The van der Waals surface area contributed by atoms with Crippen molar-refractivity contribution in [1.82, 2.24) is 0 Å². The monoisotopic (exact) mass is 303 g/mol. The van der Waals surface area contributed by atoms with Crippen LogP contribution >= 0.6 is 0 Å². The van der Waals surface area contributed by atoms with Gasteiger partial charge >= 0.3 is 0 Å². The zero-order valence-electron chi connectivity index (χ0n) is 12.8. The lowest BCUT2D eigenvalue weighted by atomic mass is 10.2. The van der Waals surface area contributed by atoms with E-state index in [1.807, 2.05) is 78.9 Å². The van der Waals surface area contributed by atoms with Crippen LogP contribution in [0.4, 0.5) is 22.7 Å². The van der Waals surface area contributed by atoms with E-state index < -0.39 is 0 Å². The lowest BCUT2D eigenvalue weighted by molar-refractivity contribution is 0.415. The molecule has 1 N–H and O–H groups in total. The molecular formula is C19H17N3O. The molecule has 4 nitrogen and oxygen atoms in total. The van der Waals surface area contributed by atoms with Crippen molar-refractivity contribution in [2.75, 3.05) is 12.4 Å². The van der Waals surface area contributed by atoms with E-state index in [1.54, 1.807) is 7.11 Å². The first-order valence-corrected chi connectivity index (χ1v) is 7.31. The Morgan fingerprint density at radius 3 is 1.74 bits per heavy atom. The smallest absolute Gasteiger partial charge is 0.119 e. The Morgan fingerprint density at radius 2 is 1.17 bits per heavy atom. The van der Waals surface area contributed by atoms with Gasteiger partial charge in [-0.05, 0) is 60.7 Å². The van der Waals surface area contributed by atoms with Crippen molar-refractivity contribution in [3.05, 3.63) is 78.9 Å². The van der Waals surface area contributed by atoms with Crippen molar-refractivity contribution >= 4 is 22.7 Å². The number of benzene rings is 3. The second kappa shape index (κ2) is 7.22. The standard InChI is InChI=1S/C19H17N3O/c1-23-19-13-11-16(12-14-19)20-15-7-9-18(10-8-15)22-21-17-5-3-2-4-6-17/h2-14,20H,1H3/b22-21+. The average molecular weight is 303 g/mol. The van der Waals surface area contributed by atoms with E-state index in [0.717, 1.165) is 28.5 Å². The highest BCUT2D eigenvalue weighted by molar-refractivity contribution is 5.62. The minimum atomic E-state index is 0.814. The van der Waals surface area contributed by atoms with E-state index in [1.165, 1.54) is 0 Å². The van der Waals surface area contributed by atoms with Crippen molar-refractivity contribution in [2.45, 2.75) is 0 Å². The van der Waals surface area contributed by atoms with Crippen LogP contribution < -0.4 is 10.1 Å². The summed E-state index contributed by atoms with van der Waals surface area (Å²) in [7, 11) is 1.66. The summed E-state index contributed by atoms with van der Waals surface area (Å²) in [6, 6.07) is 25.3. The molecule has 0 aliphatic carbocycles. The number of methoxy groups -OCH3 is 1. The zero-order chi connectivity index (χ0) is 15.9. The van der Waals surface area contributed by atoms with Gasteiger partial charge in [0.05, 0.1) is 18.5 Å². The Morgan fingerprint density at radius 1 is 0.652 bits per heavy atom. The molecule has 4 heteroatoms. The molecule has 0 heterocycles. The Hall–Kier alpha value is -3.14. The molecule has 0 aliphatic heterocycles. The molecule has 0 radical (unpaired) electrons. The molecule has 0 saturated carbocycles. The number of rotatable bonds is 5. The molecule has 0 amide bonds. The molecule has 114 valence electrons. The summed E-state index contributed by atoms with van der Waals surface area (Å²) in [6.07, 6.45) is 0. The van der Waals surface area contributed by atoms with Crippen molar-refractivity contribution in [3.63, 3.8) is 0 Å². The summed E-state index contributed by atoms with van der Waals surface area (Å²) in [5, 5.41) is 11.8. The maximum Gasteiger partial charge on any atom is 0.119 e. The number of azo groups is 1. The first kappa shape index (κ1) is 14.8. The lowest BCUT2D eigenvalue weighted by Crippen LogP contribution is -1.89. The molecule has 0 bridgehead atoms. The molecule has 0 unspecified atom stereocenters. The molecule has 0 fully saturated rings. The molecule has 0 aromatic heterocycles. The fourth-order valence-corrected chi connectivity index (χ4v) is 2.06. The second-order valence-electron chi connectivity index (χ2n) is 4.94. The average Bonchev–Trinajstić information content (AvgIpc) is 2.63. The highest BCUT2D eigenvalue weighted by atomic mass is 16.5. The number of nitrogens with one attached hydrogen (secondary N) is 1. The minimum absolute atomic E-state index is 0.814. The Labute approximate surface area is 135 Å². The predicted octanol–water partition coefficient (Wildman–Crippen LogP) is 5.85. The molecule has 0 spiro atoms. The first-order chi connectivity index (χ1) is 11.3. The van der Waals surface area contributed by atoms with Crippen LogP contribution in [0.5, 0.6) is 5.75 Å². The largest absolute Gasteiger partial charge is 0.497 e. The Balaban J connectivity index is 1.65. The molecule has 3 aromatic rings. The normalized spacial score (nSPS) is 10.7. The highest BCUT2D eigenvalue weighted by Crippen LogP contribution is 2.23. The Kier molecular flexibility index (Phi) is 4.64. The van der Waals surface area contributed by atoms with Crippen LogP contribution in [-0.2, 0) is 0 Å². The van der Waals surface area contributed by atoms with Gasteiger partial charge in [-0.15, -0.1) is 0 Å². The number of hydrogen-bond donors (Lipinski definition) is 1. The van der Waals surface area contributed by atoms with Crippen LogP contribution in [0.2, 0.25) is 0 Å². The van der Waals surface area contributed by atoms with Crippen LogP contribution in [0.25, 0.3) is 0 Å². The van der Waals surface area contributed by atoms with Gasteiger partial charge in [-0.2, -0.15) is 10.2 Å². The predicted molar refractivity (Wildman–Crippen MR) is 93.3 cm³/mol. The number of hydrogen-bond acceptors (Lipinski definition) is 4. The van der Waals surface area contributed by atoms with Gasteiger partial charge in [0.1, 0.15) is 5.75 Å². The molecule has 0 saturated heterocycles. The molecular weight excluding hydrogens is 286 g/mol. The third kappa shape index (κ3) is 4.17. The summed E-state index contributed by atoms with van der Waals surface area (Å²) in [5.41, 5.74) is 3.65. The topological polar surface area (TPSA) is 46.0 Å². The minimum Gasteiger partial charge on any atom is -0.497 e. The van der Waals surface area contributed by atoms with Gasteiger partial charge in [-0.3, -0.25) is 0 Å². The Bertz CT molecular complexity index is 766. The summed E-state index contributed by atoms with van der Waals surface area (Å²) in [6.45, 7) is 0. The van der Waals surface area contributed by atoms with Gasteiger partial charge < -0.3 is 10.1 Å². The summed E-state index contributed by atoms with van der Waals surface area (Å²) >= 11 is 0. The van der Waals surface area contributed by atoms with E-state index in [-0.39, 0.29) is 0 Å². The summed E-state index contributed by atoms with van der Waals surface area (Å²) in [4.78, 5) is 0. The van der Waals surface area contributed by atoms with Gasteiger partial charge in [-0.1, -0.05) is 18.2 Å².